The Morgan fingerprint density at radius 2 is 2.17 bits per heavy atom. The van der Waals surface area contributed by atoms with Gasteiger partial charge in [0, 0.05) is 50.3 Å². The maximum Gasteiger partial charge on any atom is 0.220 e. The van der Waals surface area contributed by atoms with E-state index in [0.717, 1.165) is 42.9 Å². The molecule has 2 aromatic heterocycles. The van der Waals surface area contributed by atoms with Crippen molar-refractivity contribution in [3.63, 3.8) is 0 Å². The predicted molar refractivity (Wildman–Crippen MR) is 92.7 cm³/mol. The third-order valence-electron chi connectivity index (χ3n) is 4.53. The lowest BCUT2D eigenvalue weighted by Crippen LogP contribution is -2.40. The van der Waals surface area contributed by atoms with Gasteiger partial charge in [-0.25, -0.2) is 4.98 Å². The first kappa shape index (κ1) is 16.7. The topological polar surface area (TPSA) is 64.7 Å². The van der Waals surface area contributed by atoms with E-state index in [-0.39, 0.29) is 17.4 Å². The number of nitrogens with one attached hydrogen (secondary N) is 1. The van der Waals surface area contributed by atoms with E-state index in [2.05, 4.69) is 42.0 Å². The highest BCUT2D eigenvalue weighted by Crippen LogP contribution is 2.24. The molecule has 1 N–H and O–H groups in total. The molecule has 3 rings (SSSR count). The molecule has 6 heteroatoms. The van der Waals surface area contributed by atoms with E-state index in [1.165, 1.54) is 0 Å². The summed E-state index contributed by atoms with van der Waals surface area (Å²) in [5.74, 6) is 1.25. The first-order valence-electron chi connectivity index (χ1n) is 8.64. The van der Waals surface area contributed by atoms with Crippen LogP contribution in [0.4, 0.5) is 0 Å². The largest absolute Gasteiger partial charge is 0.352 e. The SMILES string of the molecule is Cn1cc(CCC(=O)NC2CCc3nc(C(C)(C)C)cn3C2)cn1. The number of aryl methyl sites for hydroxylation is 3. The summed E-state index contributed by atoms with van der Waals surface area (Å²) in [7, 11) is 1.89. The molecular weight excluding hydrogens is 302 g/mol. The maximum atomic E-state index is 12.2. The van der Waals surface area contributed by atoms with Gasteiger partial charge in [0.15, 0.2) is 0 Å². The summed E-state index contributed by atoms with van der Waals surface area (Å²) in [6.07, 6.45) is 9.04. The van der Waals surface area contributed by atoms with Crippen LogP contribution in [0.25, 0.3) is 0 Å². The van der Waals surface area contributed by atoms with Crippen molar-refractivity contribution < 1.29 is 4.79 Å². The Hall–Kier alpha value is -2.11. The van der Waals surface area contributed by atoms with Crippen molar-refractivity contribution in [1.82, 2.24) is 24.6 Å². The molecular formula is C18H27N5O. The van der Waals surface area contributed by atoms with Crippen LogP contribution in [-0.4, -0.2) is 31.3 Å². The molecule has 0 aromatic carbocycles. The normalized spacial score (nSPS) is 17.6. The fourth-order valence-corrected chi connectivity index (χ4v) is 3.08. The number of carbonyl (C=O) groups is 1. The van der Waals surface area contributed by atoms with Crippen molar-refractivity contribution in [2.45, 2.75) is 64.5 Å². The van der Waals surface area contributed by atoms with Crippen molar-refractivity contribution in [3.05, 3.63) is 35.7 Å². The molecule has 2 aromatic rings. The number of amides is 1. The molecule has 3 heterocycles. The predicted octanol–water partition coefficient (Wildman–Crippen LogP) is 1.98. The van der Waals surface area contributed by atoms with Crippen molar-refractivity contribution >= 4 is 5.91 Å². The molecule has 1 unspecified atom stereocenters. The fourth-order valence-electron chi connectivity index (χ4n) is 3.08. The highest BCUT2D eigenvalue weighted by Gasteiger charge is 2.25. The minimum atomic E-state index is 0.0623. The average Bonchev–Trinajstić information content (AvgIpc) is 3.10. The van der Waals surface area contributed by atoms with Gasteiger partial charge in [-0.2, -0.15) is 5.10 Å². The number of imidazole rings is 1. The second-order valence-corrected chi connectivity index (χ2v) is 7.77. The van der Waals surface area contributed by atoms with Crippen LogP contribution in [-0.2, 0) is 36.6 Å². The Kier molecular flexibility index (Phi) is 4.47. The van der Waals surface area contributed by atoms with Gasteiger partial charge in [0.25, 0.3) is 0 Å². The lowest BCUT2D eigenvalue weighted by molar-refractivity contribution is -0.122. The van der Waals surface area contributed by atoms with Gasteiger partial charge in [-0.05, 0) is 18.4 Å². The standard InChI is InChI=1S/C18H27N5O/c1-18(2,3)15-12-23-11-14(6-7-16(23)21-15)20-17(24)8-5-13-9-19-22(4)10-13/h9-10,12,14H,5-8,11H2,1-4H3,(H,20,24). The first-order chi connectivity index (χ1) is 11.3. The van der Waals surface area contributed by atoms with Crippen molar-refractivity contribution in [1.29, 1.82) is 0 Å². The quantitative estimate of drug-likeness (QED) is 0.933. The molecule has 130 valence electrons. The third-order valence-corrected chi connectivity index (χ3v) is 4.53. The lowest BCUT2D eigenvalue weighted by Gasteiger charge is -2.24. The molecule has 0 aliphatic carbocycles. The van der Waals surface area contributed by atoms with Gasteiger partial charge in [0.2, 0.25) is 5.91 Å². The van der Waals surface area contributed by atoms with Crippen molar-refractivity contribution in [3.8, 4) is 0 Å². The second kappa shape index (κ2) is 6.42. The summed E-state index contributed by atoms with van der Waals surface area (Å²) >= 11 is 0. The van der Waals surface area contributed by atoms with E-state index >= 15 is 0 Å². The van der Waals surface area contributed by atoms with Gasteiger partial charge in [0.05, 0.1) is 11.9 Å². The van der Waals surface area contributed by atoms with Crippen LogP contribution in [0.1, 0.15) is 50.7 Å². The molecule has 1 aliphatic rings. The Morgan fingerprint density at radius 1 is 1.38 bits per heavy atom. The van der Waals surface area contributed by atoms with Gasteiger partial charge < -0.3 is 9.88 Å². The van der Waals surface area contributed by atoms with Crippen molar-refractivity contribution in [2.75, 3.05) is 0 Å². The number of aromatic nitrogens is 4. The lowest BCUT2D eigenvalue weighted by atomic mass is 9.93. The fraction of sp³-hybridized carbons (Fsp3) is 0.611. The van der Waals surface area contributed by atoms with Gasteiger partial charge in [-0.3, -0.25) is 9.48 Å². The molecule has 6 nitrogen and oxygen atoms in total. The zero-order chi connectivity index (χ0) is 17.3. The summed E-state index contributed by atoms with van der Waals surface area (Å²) in [6.45, 7) is 7.36. The van der Waals surface area contributed by atoms with Crippen molar-refractivity contribution in [2.24, 2.45) is 7.05 Å². The molecule has 1 amide bonds. The number of hydrogen-bond acceptors (Lipinski definition) is 3. The minimum Gasteiger partial charge on any atom is -0.352 e. The van der Waals surface area contributed by atoms with Gasteiger partial charge >= 0.3 is 0 Å². The molecule has 0 fully saturated rings. The van der Waals surface area contributed by atoms with Crippen LogP contribution in [0.5, 0.6) is 0 Å². The Balaban J connectivity index is 1.53. The van der Waals surface area contributed by atoms with E-state index in [0.29, 0.717) is 6.42 Å². The molecule has 0 spiro atoms. The number of fused-ring (bicyclic) bond motifs is 1. The molecule has 24 heavy (non-hydrogen) atoms. The van der Waals surface area contributed by atoms with Crippen LogP contribution in [0, 0.1) is 0 Å². The summed E-state index contributed by atoms with van der Waals surface area (Å²) in [5, 5.41) is 7.30. The van der Waals surface area contributed by atoms with Crippen LogP contribution in [0.15, 0.2) is 18.6 Å². The van der Waals surface area contributed by atoms with E-state index in [1.807, 2.05) is 19.4 Å². The number of hydrogen-bond donors (Lipinski definition) is 1. The maximum absolute atomic E-state index is 12.2. The summed E-state index contributed by atoms with van der Waals surface area (Å²) in [5.41, 5.74) is 2.29. The van der Waals surface area contributed by atoms with Crippen LogP contribution < -0.4 is 5.32 Å². The van der Waals surface area contributed by atoms with Crippen LogP contribution >= 0.6 is 0 Å². The Morgan fingerprint density at radius 3 is 2.83 bits per heavy atom. The van der Waals surface area contributed by atoms with Gasteiger partial charge in [0.1, 0.15) is 5.82 Å². The zero-order valence-electron chi connectivity index (χ0n) is 15.0. The number of carbonyl (C=O) groups excluding carboxylic acids is 1. The average molecular weight is 329 g/mol. The molecule has 1 atom stereocenters. The van der Waals surface area contributed by atoms with E-state index in [1.54, 1.807) is 4.68 Å². The Bertz CT molecular complexity index is 722. The number of rotatable bonds is 4. The van der Waals surface area contributed by atoms with E-state index in [9.17, 15) is 4.79 Å². The highest BCUT2D eigenvalue weighted by molar-refractivity contribution is 5.76. The summed E-state index contributed by atoms with van der Waals surface area (Å²) in [4.78, 5) is 17.0. The van der Waals surface area contributed by atoms with E-state index < -0.39 is 0 Å². The summed E-state index contributed by atoms with van der Waals surface area (Å²) in [6, 6.07) is 0.195. The highest BCUT2D eigenvalue weighted by atomic mass is 16.1. The second-order valence-electron chi connectivity index (χ2n) is 7.77. The van der Waals surface area contributed by atoms with Crippen LogP contribution in [0.3, 0.4) is 0 Å². The molecule has 0 saturated heterocycles. The Labute approximate surface area is 143 Å². The smallest absolute Gasteiger partial charge is 0.220 e. The first-order valence-corrected chi connectivity index (χ1v) is 8.64. The molecule has 0 saturated carbocycles. The zero-order valence-corrected chi connectivity index (χ0v) is 15.0. The van der Waals surface area contributed by atoms with Crippen LogP contribution in [0.2, 0.25) is 0 Å². The molecule has 1 aliphatic heterocycles. The van der Waals surface area contributed by atoms with E-state index in [4.69, 9.17) is 4.98 Å². The van der Waals surface area contributed by atoms with Gasteiger partial charge in [-0.15, -0.1) is 0 Å². The van der Waals surface area contributed by atoms with Gasteiger partial charge in [-0.1, -0.05) is 20.8 Å². The summed E-state index contributed by atoms with van der Waals surface area (Å²) < 4.78 is 3.97. The third kappa shape index (κ3) is 3.86. The minimum absolute atomic E-state index is 0.0623. The number of nitrogens with zero attached hydrogens (tertiary/aromatic N) is 4. The molecule has 0 radical (unpaired) electrons. The molecule has 0 bridgehead atoms. The monoisotopic (exact) mass is 329 g/mol.